The Labute approximate surface area is 149 Å². The largest absolute Gasteiger partial charge is 0.366 e. The molecule has 5 nitrogen and oxygen atoms in total. The Hall–Kier alpha value is -2.18. The van der Waals surface area contributed by atoms with Gasteiger partial charge in [0, 0.05) is 12.1 Å². The van der Waals surface area contributed by atoms with Crippen molar-refractivity contribution in [3.8, 4) is 0 Å². The van der Waals surface area contributed by atoms with E-state index in [4.69, 9.17) is 5.73 Å². The third-order valence-electron chi connectivity index (χ3n) is 3.93. The van der Waals surface area contributed by atoms with Gasteiger partial charge < -0.3 is 5.73 Å². The van der Waals surface area contributed by atoms with Crippen molar-refractivity contribution >= 4 is 15.9 Å². The lowest BCUT2D eigenvalue weighted by atomic mass is 10.0. The Morgan fingerprint density at radius 1 is 0.920 bits per heavy atom. The van der Waals surface area contributed by atoms with Crippen molar-refractivity contribution in [2.45, 2.75) is 31.4 Å². The quantitative estimate of drug-likeness (QED) is 0.638. The number of nitrogens with two attached hydrogens (primary N) is 1. The highest BCUT2D eigenvalue weighted by Gasteiger charge is 2.10. The van der Waals surface area contributed by atoms with E-state index in [2.05, 4.69) is 4.72 Å². The van der Waals surface area contributed by atoms with Crippen LogP contribution in [0.4, 0.5) is 0 Å². The van der Waals surface area contributed by atoms with Crippen LogP contribution in [0, 0.1) is 0 Å². The molecular formula is C19H24N2O3S. The number of hydrogen-bond donors (Lipinski definition) is 2. The molecule has 0 aliphatic carbocycles. The van der Waals surface area contributed by atoms with Crippen LogP contribution in [-0.4, -0.2) is 20.9 Å². The van der Waals surface area contributed by atoms with Crippen molar-refractivity contribution in [3.05, 3.63) is 71.3 Å². The molecule has 0 fully saturated rings. The maximum atomic E-state index is 12.0. The van der Waals surface area contributed by atoms with Crippen LogP contribution in [0.25, 0.3) is 0 Å². The van der Waals surface area contributed by atoms with Crippen LogP contribution in [0.5, 0.6) is 0 Å². The fourth-order valence-electron chi connectivity index (χ4n) is 2.67. The summed E-state index contributed by atoms with van der Waals surface area (Å²) < 4.78 is 26.7. The molecule has 0 bridgehead atoms. The van der Waals surface area contributed by atoms with Gasteiger partial charge in [-0.25, -0.2) is 13.1 Å². The summed E-state index contributed by atoms with van der Waals surface area (Å²) in [6.45, 7) is 0.423. The second kappa shape index (κ2) is 9.34. The minimum Gasteiger partial charge on any atom is -0.366 e. The van der Waals surface area contributed by atoms with Crippen LogP contribution in [0.1, 0.15) is 40.7 Å². The van der Waals surface area contributed by atoms with Crippen molar-refractivity contribution in [1.29, 1.82) is 0 Å². The van der Waals surface area contributed by atoms with E-state index in [1.54, 1.807) is 24.3 Å². The average Bonchev–Trinajstić information content (AvgIpc) is 2.58. The molecule has 0 atom stereocenters. The first-order chi connectivity index (χ1) is 12.0. The molecule has 0 aliphatic rings. The molecule has 0 radical (unpaired) electrons. The lowest BCUT2D eigenvalue weighted by molar-refractivity contribution is 0.0999. The van der Waals surface area contributed by atoms with Gasteiger partial charge in [-0.15, -0.1) is 0 Å². The summed E-state index contributed by atoms with van der Waals surface area (Å²) >= 11 is 0. The van der Waals surface area contributed by atoms with E-state index in [1.165, 1.54) is 0 Å². The molecule has 0 aromatic heterocycles. The molecule has 1 amide bonds. The standard InChI is InChI=1S/C19H24N2O3S/c20-19(22)18-13-7-6-12-17(18)11-5-2-8-14-21-25(23,24)15-16-9-3-1-4-10-16/h1,3-4,6-7,9-10,12-13,21H,2,5,8,11,14-15H2,(H2,20,22). The van der Waals surface area contributed by atoms with Crippen LogP contribution in [0.15, 0.2) is 54.6 Å². The highest BCUT2D eigenvalue weighted by Crippen LogP contribution is 2.12. The Kier molecular flexibility index (Phi) is 7.16. The molecule has 0 heterocycles. The normalized spacial score (nSPS) is 11.4. The Bertz CT molecular complexity index is 789. The number of carbonyl (C=O) groups is 1. The summed E-state index contributed by atoms with van der Waals surface area (Å²) in [5.74, 6) is -0.413. The Balaban J connectivity index is 1.69. The van der Waals surface area contributed by atoms with Crippen molar-refractivity contribution in [3.63, 3.8) is 0 Å². The van der Waals surface area contributed by atoms with E-state index in [9.17, 15) is 13.2 Å². The molecule has 0 saturated carbocycles. The smallest absolute Gasteiger partial charge is 0.248 e. The highest BCUT2D eigenvalue weighted by atomic mass is 32.2. The molecule has 6 heteroatoms. The topological polar surface area (TPSA) is 89.3 Å². The van der Waals surface area contributed by atoms with Crippen LogP contribution in [0.2, 0.25) is 0 Å². The van der Waals surface area contributed by atoms with Crippen molar-refractivity contribution in [2.75, 3.05) is 6.54 Å². The predicted octanol–water partition coefficient (Wildman–Crippen LogP) is 2.62. The zero-order valence-electron chi connectivity index (χ0n) is 14.1. The van der Waals surface area contributed by atoms with E-state index in [0.29, 0.717) is 12.1 Å². The van der Waals surface area contributed by atoms with Gasteiger partial charge in [-0.3, -0.25) is 4.79 Å². The van der Waals surface area contributed by atoms with Gasteiger partial charge in [0.15, 0.2) is 0 Å². The first kappa shape index (κ1) is 19.1. The number of aryl methyl sites for hydroxylation is 1. The molecule has 3 N–H and O–H groups in total. The number of sulfonamides is 1. The van der Waals surface area contributed by atoms with Gasteiger partial charge in [0.25, 0.3) is 0 Å². The summed E-state index contributed by atoms with van der Waals surface area (Å²) in [6, 6.07) is 16.4. The summed E-state index contributed by atoms with van der Waals surface area (Å²) in [5, 5.41) is 0. The molecule has 0 spiro atoms. The molecule has 0 aliphatic heterocycles. The van der Waals surface area contributed by atoms with Crippen molar-refractivity contribution in [1.82, 2.24) is 4.72 Å². The summed E-state index contributed by atoms with van der Waals surface area (Å²) in [5.41, 5.74) is 7.64. The van der Waals surface area contributed by atoms with Crippen LogP contribution in [0.3, 0.4) is 0 Å². The molecule has 0 saturated heterocycles. The van der Waals surface area contributed by atoms with Gasteiger partial charge in [-0.2, -0.15) is 0 Å². The van der Waals surface area contributed by atoms with Crippen LogP contribution >= 0.6 is 0 Å². The van der Waals surface area contributed by atoms with Gasteiger partial charge in [-0.1, -0.05) is 55.0 Å². The second-order valence-corrected chi connectivity index (χ2v) is 7.78. The van der Waals surface area contributed by atoms with Crippen LogP contribution < -0.4 is 10.5 Å². The molecule has 134 valence electrons. The predicted molar refractivity (Wildman–Crippen MR) is 99.6 cm³/mol. The minimum atomic E-state index is -3.30. The molecule has 2 rings (SSSR count). The zero-order valence-corrected chi connectivity index (χ0v) is 15.0. The Morgan fingerprint density at radius 2 is 1.60 bits per heavy atom. The second-order valence-electron chi connectivity index (χ2n) is 5.97. The van der Waals surface area contributed by atoms with Crippen molar-refractivity contribution in [2.24, 2.45) is 5.73 Å². The summed E-state index contributed by atoms with van der Waals surface area (Å²) in [6.07, 6.45) is 3.27. The maximum Gasteiger partial charge on any atom is 0.248 e. The Morgan fingerprint density at radius 3 is 2.32 bits per heavy atom. The number of rotatable bonds is 10. The lowest BCUT2D eigenvalue weighted by Crippen LogP contribution is -2.26. The van der Waals surface area contributed by atoms with Gasteiger partial charge in [-0.05, 0) is 36.5 Å². The molecule has 2 aromatic carbocycles. The number of hydrogen-bond acceptors (Lipinski definition) is 3. The molecule has 2 aromatic rings. The third-order valence-corrected chi connectivity index (χ3v) is 5.28. The van der Waals surface area contributed by atoms with Gasteiger partial charge in [0.1, 0.15) is 0 Å². The highest BCUT2D eigenvalue weighted by molar-refractivity contribution is 7.88. The van der Waals surface area contributed by atoms with Gasteiger partial charge >= 0.3 is 0 Å². The fraction of sp³-hybridized carbons (Fsp3) is 0.316. The first-order valence-corrected chi connectivity index (χ1v) is 10.0. The SMILES string of the molecule is NC(=O)c1ccccc1CCCCCNS(=O)(=O)Cc1ccccc1. The zero-order chi connectivity index (χ0) is 18.1. The lowest BCUT2D eigenvalue weighted by Gasteiger charge is -2.08. The number of carbonyl (C=O) groups excluding carboxylic acids is 1. The number of unbranched alkanes of at least 4 members (excludes halogenated alkanes) is 2. The maximum absolute atomic E-state index is 12.0. The van der Waals surface area contributed by atoms with Crippen LogP contribution in [-0.2, 0) is 22.2 Å². The molecule has 0 unspecified atom stereocenters. The van der Waals surface area contributed by atoms with E-state index >= 15 is 0 Å². The monoisotopic (exact) mass is 360 g/mol. The summed E-state index contributed by atoms with van der Waals surface area (Å²) in [7, 11) is -3.30. The van der Waals surface area contributed by atoms with E-state index in [-0.39, 0.29) is 5.75 Å². The number of primary amides is 1. The van der Waals surface area contributed by atoms with E-state index in [1.807, 2.05) is 30.3 Å². The molecule has 25 heavy (non-hydrogen) atoms. The van der Waals surface area contributed by atoms with Gasteiger partial charge in [0.05, 0.1) is 5.75 Å². The van der Waals surface area contributed by atoms with E-state index in [0.717, 1.165) is 36.8 Å². The number of nitrogens with one attached hydrogen (secondary N) is 1. The molecular weight excluding hydrogens is 336 g/mol. The van der Waals surface area contributed by atoms with E-state index < -0.39 is 15.9 Å². The number of benzene rings is 2. The minimum absolute atomic E-state index is 0.000172. The van der Waals surface area contributed by atoms with Gasteiger partial charge in [0.2, 0.25) is 15.9 Å². The average molecular weight is 360 g/mol. The first-order valence-electron chi connectivity index (χ1n) is 8.37. The fourth-order valence-corrected chi connectivity index (χ4v) is 3.86. The number of amides is 1. The third kappa shape index (κ3) is 6.68. The van der Waals surface area contributed by atoms with Crippen molar-refractivity contribution < 1.29 is 13.2 Å². The summed E-state index contributed by atoms with van der Waals surface area (Å²) in [4.78, 5) is 11.4.